The van der Waals surface area contributed by atoms with E-state index >= 15 is 0 Å². The summed E-state index contributed by atoms with van der Waals surface area (Å²) in [6.07, 6.45) is 9.11. The monoisotopic (exact) mass is 638 g/mol. The zero-order valence-electron chi connectivity index (χ0n) is 27.6. The minimum absolute atomic E-state index is 1.08. The molecule has 7 aromatic carbocycles. The van der Waals surface area contributed by atoms with E-state index in [2.05, 4.69) is 191 Å². The van der Waals surface area contributed by atoms with Crippen molar-refractivity contribution in [2.24, 2.45) is 0 Å². The first-order chi connectivity index (χ1) is 24.8. The van der Waals surface area contributed by atoms with Crippen molar-refractivity contribution in [1.29, 1.82) is 0 Å². The van der Waals surface area contributed by atoms with Crippen LogP contribution in [0.1, 0.15) is 12.8 Å². The molecule has 1 aliphatic carbocycles. The van der Waals surface area contributed by atoms with Crippen LogP contribution >= 0.6 is 0 Å². The van der Waals surface area contributed by atoms with Gasteiger partial charge in [0.1, 0.15) is 0 Å². The van der Waals surface area contributed by atoms with E-state index in [1.54, 1.807) is 0 Å². The predicted molar refractivity (Wildman–Crippen MR) is 213 cm³/mol. The number of hydrogen-bond donors (Lipinski definition) is 0. The molecule has 2 nitrogen and oxygen atoms in total. The van der Waals surface area contributed by atoms with Crippen LogP contribution in [0, 0.1) is 0 Å². The van der Waals surface area contributed by atoms with Crippen molar-refractivity contribution in [3.05, 3.63) is 182 Å². The lowest BCUT2D eigenvalue weighted by Crippen LogP contribution is -1.96. The summed E-state index contributed by atoms with van der Waals surface area (Å²) in [5.74, 6) is 0. The molecule has 0 atom stereocenters. The third kappa shape index (κ3) is 4.64. The van der Waals surface area contributed by atoms with Gasteiger partial charge >= 0.3 is 0 Å². The number of rotatable bonds is 5. The molecule has 0 amide bonds. The Balaban J connectivity index is 1.17. The molecule has 0 unspecified atom stereocenters. The van der Waals surface area contributed by atoms with Crippen LogP contribution in [0.4, 0.5) is 0 Å². The highest BCUT2D eigenvalue weighted by Gasteiger charge is 2.17. The van der Waals surface area contributed by atoms with Crippen LogP contribution in [0.2, 0.25) is 0 Å². The highest BCUT2D eigenvalue weighted by atomic mass is 15.0. The fourth-order valence-electron chi connectivity index (χ4n) is 7.96. The van der Waals surface area contributed by atoms with Gasteiger partial charge in [0.05, 0.1) is 22.1 Å². The van der Waals surface area contributed by atoms with Crippen LogP contribution in [0.5, 0.6) is 0 Å². The Bertz CT molecular complexity index is 2730. The fourth-order valence-corrected chi connectivity index (χ4v) is 7.96. The predicted octanol–water partition coefficient (Wildman–Crippen LogP) is 13.1. The molecule has 9 aromatic rings. The summed E-state index contributed by atoms with van der Waals surface area (Å²) in [7, 11) is 0. The van der Waals surface area contributed by atoms with Crippen molar-refractivity contribution < 1.29 is 0 Å². The van der Waals surface area contributed by atoms with Crippen molar-refractivity contribution in [1.82, 2.24) is 9.13 Å². The van der Waals surface area contributed by atoms with E-state index in [1.165, 1.54) is 82.7 Å². The molecular weight excluding hydrogens is 605 g/mol. The van der Waals surface area contributed by atoms with Crippen molar-refractivity contribution in [2.45, 2.75) is 12.8 Å². The minimum Gasteiger partial charge on any atom is -0.310 e. The van der Waals surface area contributed by atoms with Gasteiger partial charge in [-0.3, -0.25) is 0 Å². The van der Waals surface area contributed by atoms with E-state index in [-0.39, 0.29) is 0 Å². The van der Waals surface area contributed by atoms with Crippen molar-refractivity contribution >= 4 is 49.3 Å². The number of hydrogen-bond acceptors (Lipinski definition) is 0. The Morgan fingerprint density at radius 2 is 0.840 bits per heavy atom. The molecule has 2 aromatic heterocycles. The van der Waals surface area contributed by atoms with Gasteiger partial charge in [-0.05, 0) is 107 Å². The lowest BCUT2D eigenvalue weighted by Gasteiger charge is -2.14. The summed E-state index contributed by atoms with van der Waals surface area (Å²) >= 11 is 0. The lowest BCUT2D eigenvalue weighted by atomic mass is 9.98. The molecule has 0 radical (unpaired) electrons. The van der Waals surface area contributed by atoms with Gasteiger partial charge in [0.15, 0.2) is 0 Å². The van der Waals surface area contributed by atoms with E-state index in [9.17, 15) is 0 Å². The van der Waals surface area contributed by atoms with Gasteiger partial charge in [-0.15, -0.1) is 0 Å². The van der Waals surface area contributed by atoms with Crippen molar-refractivity contribution in [3.8, 4) is 39.1 Å². The summed E-state index contributed by atoms with van der Waals surface area (Å²) in [4.78, 5) is 0. The summed E-state index contributed by atoms with van der Waals surface area (Å²) in [5, 5.41) is 5.08. The molecule has 0 saturated heterocycles. The van der Waals surface area contributed by atoms with E-state index in [0.717, 1.165) is 18.5 Å². The second kappa shape index (κ2) is 11.6. The summed E-state index contributed by atoms with van der Waals surface area (Å²) in [6, 6.07) is 60.0. The number of benzene rings is 7. The molecule has 0 saturated carbocycles. The molecule has 0 spiro atoms. The molecule has 236 valence electrons. The maximum Gasteiger partial charge on any atom is 0.0541 e. The summed E-state index contributed by atoms with van der Waals surface area (Å²) < 4.78 is 4.86. The molecule has 2 heteroatoms. The van der Waals surface area contributed by atoms with E-state index < -0.39 is 0 Å². The van der Waals surface area contributed by atoms with E-state index in [4.69, 9.17) is 0 Å². The standard InChI is InChI=1S/C48H34N2/c1-4-14-33(15-5-1)37-28-38(34-16-6-2-7-17-34)30-40(29-37)50-46-23-13-11-21-42(46)44-32-36(25-27-48(44)50)35-24-26-47-43(31-35)41-20-10-12-22-45(41)49(47)39-18-8-3-9-19-39/h1-2,4-8,10-32H,3,9H2. The van der Waals surface area contributed by atoms with Gasteiger partial charge in [-0.1, -0.05) is 121 Å². The first-order valence-electron chi connectivity index (χ1n) is 17.5. The average molecular weight is 639 g/mol. The second-order valence-electron chi connectivity index (χ2n) is 13.3. The van der Waals surface area contributed by atoms with Gasteiger partial charge in [0, 0.05) is 32.9 Å². The zero-order chi connectivity index (χ0) is 33.0. The number of para-hydroxylation sites is 2. The highest BCUT2D eigenvalue weighted by molar-refractivity contribution is 6.13. The molecule has 0 fully saturated rings. The van der Waals surface area contributed by atoms with Gasteiger partial charge in [-0.2, -0.15) is 0 Å². The van der Waals surface area contributed by atoms with Crippen molar-refractivity contribution in [2.75, 3.05) is 0 Å². The lowest BCUT2D eigenvalue weighted by molar-refractivity contribution is 1.02. The van der Waals surface area contributed by atoms with Crippen LogP contribution in [-0.4, -0.2) is 9.13 Å². The molecule has 2 heterocycles. The van der Waals surface area contributed by atoms with Crippen LogP contribution < -0.4 is 0 Å². The number of allylic oxidation sites excluding steroid dienone is 4. The quantitative estimate of drug-likeness (QED) is 0.178. The first-order valence-corrected chi connectivity index (χ1v) is 17.5. The SMILES string of the molecule is C1=CC(n2c3ccccc3c3cc(-c4ccc5c(c4)c4ccccc4n5-c4cc(-c5ccccc5)cc(-c5ccccc5)c4)ccc32)=CCC1. The maximum absolute atomic E-state index is 2.44. The minimum atomic E-state index is 1.08. The van der Waals surface area contributed by atoms with Crippen LogP contribution in [0.15, 0.2) is 182 Å². The van der Waals surface area contributed by atoms with Crippen molar-refractivity contribution in [3.63, 3.8) is 0 Å². The Kier molecular flexibility index (Phi) is 6.67. The smallest absolute Gasteiger partial charge is 0.0541 e. The summed E-state index contributed by atoms with van der Waals surface area (Å²) in [5.41, 5.74) is 14.6. The first kappa shape index (κ1) is 28.6. The number of nitrogens with zero attached hydrogens (tertiary/aromatic N) is 2. The molecule has 10 rings (SSSR count). The van der Waals surface area contributed by atoms with Crippen LogP contribution in [0.25, 0.3) is 88.4 Å². The molecule has 50 heavy (non-hydrogen) atoms. The Morgan fingerprint density at radius 1 is 0.340 bits per heavy atom. The number of aromatic nitrogens is 2. The molecule has 0 N–H and O–H groups in total. The van der Waals surface area contributed by atoms with Crippen LogP contribution in [0.3, 0.4) is 0 Å². The number of fused-ring (bicyclic) bond motifs is 6. The van der Waals surface area contributed by atoms with E-state index in [1.807, 2.05) is 0 Å². The molecular formula is C48H34N2. The molecule has 0 bridgehead atoms. The summed E-state index contributed by atoms with van der Waals surface area (Å²) in [6.45, 7) is 0. The third-order valence-electron chi connectivity index (χ3n) is 10.3. The van der Waals surface area contributed by atoms with Gasteiger partial charge in [-0.25, -0.2) is 0 Å². The average Bonchev–Trinajstić information content (AvgIpc) is 3.71. The topological polar surface area (TPSA) is 9.86 Å². The van der Waals surface area contributed by atoms with E-state index in [0.29, 0.717) is 0 Å². The molecule has 1 aliphatic rings. The van der Waals surface area contributed by atoms with Gasteiger partial charge < -0.3 is 9.13 Å². The Morgan fingerprint density at radius 3 is 1.40 bits per heavy atom. The highest BCUT2D eigenvalue weighted by Crippen LogP contribution is 2.40. The van der Waals surface area contributed by atoms with Gasteiger partial charge in [0.25, 0.3) is 0 Å². The Hall–Kier alpha value is -6.38. The van der Waals surface area contributed by atoms with Gasteiger partial charge in [0.2, 0.25) is 0 Å². The fraction of sp³-hybridized carbons (Fsp3) is 0.0417. The van der Waals surface area contributed by atoms with Crippen LogP contribution in [-0.2, 0) is 0 Å². The largest absolute Gasteiger partial charge is 0.310 e. The Labute approximate surface area is 291 Å². The normalized spacial score (nSPS) is 13.1. The maximum atomic E-state index is 2.44. The molecule has 0 aliphatic heterocycles. The zero-order valence-corrected chi connectivity index (χ0v) is 27.6. The second-order valence-corrected chi connectivity index (χ2v) is 13.3. The third-order valence-corrected chi connectivity index (χ3v) is 10.3.